The van der Waals surface area contributed by atoms with E-state index in [1.807, 2.05) is 26.0 Å². The lowest BCUT2D eigenvalue weighted by Crippen LogP contribution is -2.10. The summed E-state index contributed by atoms with van der Waals surface area (Å²) in [6, 6.07) is 7.25. The highest BCUT2D eigenvalue weighted by Crippen LogP contribution is 2.26. The first-order valence-electron chi connectivity index (χ1n) is 6.06. The molecule has 0 aliphatic heterocycles. The van der Waals surface area contributed by atoms with Gasteiger partial charge in [-0.1, -0.05) is 11.6 Å². The highest BCUT2D eigenvalue weighted by molar-refractivity contribution is 8.00. The third-order valence-electron chi connectivity index (χ3n) is 2.65. The third kappa shape index (κ3) is 3.99. The van der Waals surface area contributed by atoms with Gasteiger partial charge >= 0.3 is 5.97 Å². The van der Waals surface area contributed by atoms with E-state index in [9.17, 15) is 4.79 Å². The Morgan fingerprint density at radius 1 is 1.25 bits per heavy atom. The molecule has 1 aromatic heterocycles. The Balaban J connectivity index is 1.95. The quantitative estimate of drug-likeness (QED) is 0.485. The van der Waals surface area contributed by atoms with E-state index in [2.05, 4.69) is 4.98 Å². The van der Waals surface area contributed by atoms with Crippen LogP contribution >= 0.6 is 23.4 Å². The number of aryl methyl sites for hydroxylation is 2. The molecule has 0 radical (unpaired) electrons. The molecule has 3 nitrogen and oxygen atoms in total. The van der Waals surface area contributed by atoms with Crippen molar-refractivity contribution in [1.29, 1.82) is 0 Å². The minimum absolute atomic E-state index is 0.255. The number of carbonyl (C=O) groups excluding carboxylic acids is 1. The van der Waals surface area contributed by atoms with Gasteiger partial charge in [0.2, 0.25) is 0 Å². The fourth-order valence-corrected chi connectivity index (χ4v) is 2.47. The summed E-state index contributed by atoms with van der Waals surface area (Å²) >= 11 is 7.50. The summed E-state index contributed by atoms with van der Waals surface area (Å²) in [5, 5.41) is 0.705. The maximum absolute atomic E-state index is 11.8. The first-order valence-corrected chi connectivity index (χ1v) is 7.43. The lowest BCUT2D eigenvalue weighted by Gasteiger charge is -2.08. The van der Waals surface area contributed by atoms with E-state index in [1.54, 1.807) is 24.5 Å². The molecular formula is C15H14ClNO2S. The van der Waals surface area contributed by atoms with Gasteiger partial charge in [0.1, 0.15) is 5.75 Å². The van der Waals surface area contributed by atoms with E-state index < -0.39 is 0 Å². The molecule has 2 aromatic rings. The molecule has 104 valence electrons. The Hall–Kier alpha value is -1.52. The van der Waals surface area contributed by atoms with Crippen molar-refractivity contribution in [3.05, 3.63) is 52.8 Å². The van der Waals surface area contributed by atoms with Gasteiger partial charge in [0.15, 0.2) is 0 Å². The summed E-state index contributed by atoms with van der Waals surface area (Å²) in [5.41, 5.74) is 1.80. The zero-order chi connectivity index (χ0) is 14.5. The molecule has 0 amide bonds. The van der Waals surface area contributed by atoms with Gasteiger partial charge in [-0.05, 0) is 49.2 Å². The van der Waals surface area contributed by atoms with E-state index in [-0.39, 0.29) is 11.7 Å². The molecule has 0 atom stereocenters. The number of ether oxygens (including phenoxy) is 1. The van der Waals surface area contributed by atoms with Crippen LogP contribution in [0.4, 0.5) is 0 Å². The number of rotatable bonds is 4. The van der Waals surface area contributed by atoms with Gasteiger partial charge in [-0.15, -0.1) is 11.8 Å². The van der Waals surface area contributed by atoms with Crippen LogP contribution in [0.5, 0.6) is 5.75 Å². The van der Waals surface area contributed by atoms with Crippen LogP contribution in [0.15, 0.2) is 41.6 Å². The zero-order valence-corrected chi connectivity index (χ0v) is 12.8. The fraction of sp³-hybridized carbons (Fsp3) is 0.200. The molecule has 0 fully saturated rings. The molecule has 0 saturated carbocycles. The SMILES string of the molecule is Cc1cc(OC(=O)CSc2ccncc2)cc(C)c1Cl. The van der Waals surface area contributed by atoms with Crippen molar-refractivity contribution in [2.75, 3.05) is 5.75 Å². The average molecular weight is 308 g/mol. The van der Waals surface area contributed by atoms with Crippen LogP contribution in [0.25, 0.3) is 0 Å². The zero-order valence-electron chi connectivity index (χ0n) is 11.2. The fourth-order valence-electron chi connectivity index (χ4n) is 1.70. The molecule has 0 saturated heterocycles. The lowest BCUT2D eigenvalue weighted by molar-refractivity contribution is -0.131. The van der Waals surface area contributed by atoms with Gasteiger partial charge in [0, 0.05) is 22.3 Å². The summed E-state index contributed by atoms with van der Waals surface area (Å²) in [6.45, 7) is 3.77. The van der Waals surface area contributed by atoms with Crippen LogP contribution in [-0.4, -0.2) is 16.7 Å². The van der Waals surface area contributed by atoms with Crippen molar-refractivity contribution in [2.45, 2.75) is 18.7 Å². The average Bonchev–Trinajstić information content (AvgIpc) is 2.43. The Labute approximate surface area is 127 Å². The molecule has 1 heterocycles. The van der Waals surface area contributed by atoms with Gasteiger partial charge in [0.05, 0.1) is 5.75 Å². The summed E-state index contributed by atoms with van der Waals surface area (Å²) in [7, 11) is 0. The molecular weight excluding hydrogens is 294 g/mol. The second-order valence-corrected chi connectivity index (χ2v) is 5.74. The molecule has 0 N–H and O–H groups in total. The maximum atomic E-state index is 11.8. The topological polar surface area (TPSA) is 39.2 Å². The normalized spacial score (nSPS) is 10.3. The second-order valence-electron chi connectivity index (χ2n) is 4.32. The summed E-state index contributed by atoms with van der Waals surface area (Å²) < 4.78 is 5.32. The summed E-state index contributed by atoms with van der Waals surface area (Å²) in [5.74, 6) is 0.503. The molecule has 2 rings (SSSR count). The van der Waals surface area contributed by atoms with Crippen LogP contribution < -0.4 is 4.74 Å². The van der Waals surface area contributed by atoms with Crippen molar-refractivity contribution in [1.82, 2.24) is 4.98 Å². The van der Waals surface area contributed by atoms with Crippen molar-refractivity contribution in [3.63, 3.8) is 0 Å². The molecule has 0 spiro atoms. The monoisotopic (exact) mass is 307 g/mol. The van der Waals surface area contributed by atoms with Crippen molar-refractivity contribution >= 4 is 29.3 Å². The molecule has 5 heteroatoms. The Kier molecular flexibility index (Phi) is 5.04. The minimum atomic E-state index is -0.284. The Morgan fingerprint density at radius 2 is 1.85 bits per heavy atom. The van der Waals surface area contributed by atoms with Gasteiger partial charge in [-0.3, -0.25) is 9.78 Å². The highest BCUT2D eigenvalue weighted by Gasteiger charge is 2.09. The molecule has 0 aliphatic carbocycles. The number of halogens is 1. The predicted molar refractivity (Wildman–Crippen MR) is 81.5 cm³/mol. The maximum Gasteiger partial charge on any atom is 0.321 e. The first-order chi connectivity index (χ1) is 9.56. The van der Waals surface area contributed by atoms with Crippen LogP contribution in [0.1, 0.15) is 11.1 Å². The smallest absolute Gasteiger partial charge is 0.321 e. The van der Waals surface area contributed by atoms with Crippen LogP contribution in [0, 0.1) is 13.8 Å². The minimum Gasteiger partial charge on any atom is -0.426 e. The van der Waals surface area contributed by atoms with Crippen LogP contribution in [0.2, 0.25) is 5.02 Å². The van der Waals surface area contributed by atoms with Gasteiger partial charge in [0.25, 0.3) is 0 Å². The van der Waals surface area contributed by atoms with E-state index in [0.717, 1.165) is 16.0 Å². The number of esters is 1. The molecule has 0 aliphatic rings. The van der Waals surface area contributed by atoms with E-state index in [4.69, 9.17) is 16.3 Å². The van der Waals surface area contributed by atoms with Crippen molar-refractivity contribution in [2.24, 2.45) is 0 Å². The number of carbonyl (C=O) groups is 1. The Bertz CT molecular complexity index is 594. The summed E-state index contributed by atoms with van der Waals surface area (Å²) in [4.78, 5) is 16.7. The summed E-state index contributed by atoms with van der Waals surface area (Å²) in [6.07, 6.45) is 3.39. The standard InChI is InChI=1S/C15H14ClNO2S/c1-10-7-12(8-11(2)15(10)16)19-14(18)9-20-13-3-5-17-6-4-13/h3-8H,9H2,1-2H3. The molecule has 0 bridgehead atoms. The largest absolute Gasteiger partial charge is 0.426 e. The van der Waals surface area contributed by atoms with E-state index in [0.29, 0.717) is 10.8 Å². The van der Waals surface area contributed by atoms with Gasteiger partial charge < -0.3 is 4.74 Å². The number of aromatic nitrogens is 1. The lowest BCUT2D eigenvalue weighted by atomic mass is 10.1. The molecule has 1 aromatic carbocycles. The number of hydrogen-bond acceptors (Lipinski definition) is 4. The van der Waals surface area contributed by atoms with Gasteiger partial charge in [-0.2, -0.15) is 0 Å². The third-order valence-corrected chi connectivity index (χ3v) is 4.23. The number of hydrogen-bond donors (Lipinski definition) is 0. The number of benzene rings is 1. The first kappa shape index (κ1) is 14.9. The van der Waals surface area contributed by atoms with Crippen molar-refractivity contribution in [3.8, 4) is 5.75 Å². The second kappa shape index (κ2) is 6.77. The van der Waals surface area contributed by atoms with Gasteiger partial charge in [-0.25, -0.2) is 0 Å². The van der Waals surface area contributed by atoms with E-state index >= 15 is 0 Å². The van der Waals surface area contributed by atoms with Crippen LogP contribution in [-0.2, 0) is 4.79 Å². The highest BCUT2D eigenvalue weighted by atomic mass is 35.5. The predicted octanol–water partition coefficient (Wildman–Crippen LogP) is 4.05. The number of pyridine rings is 1. The van der Waals surface area contributed by atoms with E-state index in [1.165, 1.54) is 11.8 Å². The van der Waals surface area contributed by atoms with Crippen LogP contribution in [0.3, 0.4) is 0 Å². The molecule has 0 unspecified atom stereocenters. The Morgan fingerprint density at radius 3 is 2.45 bits per heavy atom. The number of nitrogens with zero attached hydrogens (tertiary/aromatic N) is 1. The number of thioether (sulfide) groups is 1. The van der Waals surface area contributed by atoms with Crippen molar-refractivity contribution < 1.29 is 9.53 Å². The molecule has 20 heavy (non-hydrogen) atoms.